The van der Waals surface area contributed by atoms with Crippen LogP contribution in [0.5, 0.6) is 5.75 Å². The molecule has 1 heterocycles. The fraction of sp³-hybridized carbons (Fsp3) is 0.250. The molecule has 1 N–H and O–H groups in total. The highest BCUT2D eigenvalue weighted by Gasteiger charge is 2.07. The average Bonchev–Trinajstić information content (AvgIpc) is 2.78. The predicted octanol–water partition coefficient (Wildman–Crippen LogP) is 2.56. The molecule has 0 aliphatic heterocycles. The lowest BCUT2D eigenvalue weighted by molar-refractivity contribution is 0.416. The second kappa shape index (κ2) is 5.07. The Kier molecular flexibility index (Phi) is 3.51. The Morgan fingerprint density at radius 1 is 1.38 bits per heavy atom. The molecule has 3 nitrogen and oxygen atoms in total. The van der Waals surface area contributed by atoms with Crippen LogP contribution in [0.3, 0.4) is 0 Å². The second-order valence-corrected chi connectivity index (χ2v) is 3.86. The summed E-state index contributed by atoms with van der Waals surface area (Å²) in [5.74, 6) is 2.60. The molecule has 2 rings (SSSR count). The number of methoxy groups -OCH3 is 1. The molecule has 1 aromatic carbocycles. The standard InChI is InChI=1S/C12H14N2OS/c1-15-11-5-3-2-4-9(11)10-8-13-12(14-10)6-7-16/h2-5,8,16H,6-7H2,1H3,(H,13,14). The molecular formula is C12H14N2OS. The van der Waals surface area contributed by atoms with Gasteiger partial charge in [0.15, 0.2) is 0 Å². The maximum Gasteiger partial charge on any atom is 0.128 e. The Morgan fingerprint density at radius 2 is 2.19 bits per heavy atom. The predicted molar refractivity (Wildman–Crippen MR) is 68.1 cm³/mol. The minimum Gasteiger partial charge on any atom is -0.496 e. The van der Waals surface area contributed by atoms with Gasteiger partial charge < -0.3 is 9.72 Å². The van der Waals surface area contributed by atoms with Gasteiger partial charge >= 0.3 is 0 Å². The van der Waals surface area contributed by atoms with Crippen LogP contribution in [-0.4, -0.2) is 22.8 Å². The molecule has 4 heteroatoms. The number of imidazole rings is 1. The molecule has 2 aromatic rings. The van der Waals surface area contributed by atoms with E-state index in [4.69, 9.17) is 4.74 Å². The number of aromatic nitrogens is 2. The minimum atomic E-state index is 0.791. The maximum absolute atomic E-state index is 5.31. The third-order valence-electron chi connectivity index (χ3n) is 2.37. The third kappa shape index (κ3) is 2.22. The highest BCUT2D eigenvalue weighted by atomic mass is 32.1. The van der Waals surface area contributed by atoms with Crippen LogP contribution in [0.2, 0.25) is 0 Å². The van der Waals surface area contributed by atoms with Crippen molar-refractivity contribution >= 4 is 12.6 Å². The summed E-state index contributed by atoms with van der Waals surface area (Å²) >= 11 is 4.18. The van der Waals surface area contributed by atoms with Crippen molar-refractivity contribution in [2.75, 3.05) is 12.9 Å². The number of para-hydroxylation sites is 1. The lowest BCUT2D eigenvalue weighted by Gasteiger charge is -2.05. The van der Waals surface area contributed by atoms with Gasteiger partial charge in [-0.05, 0) is 17.9 Å². The van der Waals surface area contributed by atoms with Gasteiger partial charge in [-0.3, -0.25) is 0 Å². The first kappa shape index (κ1) is 11.1. The number of hydrogen-bond acceptors (Lipinski definition) is 3. The first-order valence-corrected chi connectivity index (χ1v) is 5.76. The molecular weight excluding hydrogens is 220 g/mol. The number of thiol groups is 1. The van der Waals surface area contributed by atoms with Crippen LogP contribution in [0.4, 0.5) is 0 Å². The van der Waals surface area contributed by atoms with Gasteiger partial charge in [0, 0.05) is 12.0 Å². The summed E-state index contributed by atoms with van der Waals surface area (Å²) in [5, 5.41) is 0. The first-order chi connectivity index (χ1) is 7.85. The molecule has 0 unspecified atom stereocenters. The van der Waals surface area contributed by atoms with E-state index in [1.807, 2.05) is 30.5 Å². The zero-order valence-electron chi connectivity index (χ0n) is 9.10. The van der Waals surface area contributed by atoms with Crippen molar-refractivity contribution in [3.63, 3.8) is 0 Å². The average molecular weight is 234 g/mol. The van der Waals surface area contributed by atoms with Crippen LogP contribution in [0.1, 0.15) is 5.82 Å². The third-order valence-corrected chi connectivity index (χ3v) is 2.60. The van der Waals surface area contributed by atoms with E-state index >= 15 is 0 Å². The van der Waals surface area contributed by atoms with Gasteiger partial charge in [0.1, 0.15) is 11.6 Å². The van der Waals surface area contributed by atoms with E-state index < -0.39 is 0 Å². The van der Waals surface area contributed by atoms with Crippen LogP contribution < -0.4 is 4.74 Å². The summed E-state index contributed by atoms with van der Waals surface area (Å²) in [7, 11) is 1.67. The van der Waals surface area contributed by atoms with E-state index in [2.05, 4.69) is 22.6 Å². The number of aromatic amines is 1. The quantitative estimate of drug-likeness (QED) is 0.798. The molecule has 16 heavy (non-hydrogen) atoms. The van der Waals surface area contributed by atoms with Crippen LogP contribution >= 0.6 is 12.6 Å². The Bertz CT molecular complexity index is 468. The van der Waals surface area contributed by atoms with Crippen LogP contribution in [0, 0.1) is 0 Å². The monoisotopic (exact) mass is 234 g/mol. The van der Waals surface area contributed by atoms with E-state index in [0.29, 0.717) is 0 Å². The van der Waals surface area contributed by atoms with E-state index in [-0.39, 0.29) is 0 Å². The van der Waals surface area contributed by atoms with Crippen molar-refractivity contribution in [3.8, 4) is 17.0 Å². The van der Waals surface area contributed by atoms with Gasteiger partial charge in [0.05, 0.1) is 19.0 Å². The van der Waals surface area contributed by atoms with Gasteiger partial charge in [0.25, 0.3) is 0 Å². The van der Waals surface area contributed by atoms with E-state index in [9.17, 15) is 0 Å². The zero-order chi connectivity index (χ0) is 11.4. The molecule has 0 spiro atoms. The minimum absolute atomic E-state index is 0.791. The lowest BCUT2D eigenvalue weighted by Crippen LogP contribution is -1.90. The number of H-pyrrole nitrogens is 1. The number of nitrogens with one attached hydrogen (secondary N) is 1. The molecule has 0 saturated heterocycles. The van der Waals surface area contributed by atoms with Crippen molar-refractivity contribution in [2.24, 2.45) is 0 Å². The molecule has 0 radical (unpaired) electrons. The number of ether oxygens (including phenoxy) is 1. The van der Waals surface area contributed by atoms with E-state index in [0.717, 1.165) is 35.0 Å². The SMILES string of the molecule is COc1ccccc1-c1cnc(CCS)[nH]1. The van der Waals surface area contributed by atoms with Gasteiger partial charge in [-0.25, -0.2) is 4.98 Å². The highest BCUT2D eigenvalue weighted by molar-refractivity contribution is 7.80. The number of rotatable bonds is 4. The molecule has 84 valence electrons. The summed E-state index contributed by atoms with van der Waals surface area (Å²) in [6.45, 7) is 0. The topological polar surface area (TPSA) is 37.9 Å². The summed E-state index contributed by atoms with van der Waals surface area (Å²) in [6.07, 6.45) is 2.68. The summed E-state index contributed by atoms with van der Waals surface area (Å²) < 4.78 is 5.31. The van der Waals surface area contributed by atoms with Crippen molar-refractivity contribution in [1.82, 2.24) is 9.97 Å². The molecule has 0 fully saturated rings. The fourth-order valence-corrected chi connectivity index (χ4v) is 1.81. The Hall–Kier alpha value is -1.42. The van der Waals surface area contributed by atoms with Gasteiger partial charge in [-0.1, -0.05) is 12.1 Å². The van der Waals surface area contributed by atoms with Gasteiger partial charge in [-0.2, -0.15) is 12.6 Å². The van der Waals surface area contributed by atoms with Crippen LogP contribution in [-0.2, 0) is 6.42 Å². The largest absolute Gasteiger partial charge is 0.496 e. The van der Waals surface area contributed by atoms with Gasteiger partial charge in [0.2, 0.25) is 0 Å². The zero-order valence-corrected chi connectivity index (χ0v) is 10.00. The number of benzene rings is 1. The van der Waals surface area contributed by atoms with Gasteiger partial charge in [-0.15, -0.1) is 0 Å². The summed E-state index contributed by atoms with van der Waals surface area (Å²) in [4.78, 5) is 7.56. The Morgan fingerprint density at radius 3 is 2.94 bits per heavy atom. The number of hydrogen-bond donors (Lipinski definition) is 2. The molecule has 0 aliphatic carbocycles. The summed E-state index contributed by atoms with van der Waals surface area (Å²) in [6, 6.07) is 7.88. The molecule has 0 bridgehead atoms. The summed E-state index contributed by atoms with van der Waals surface area (Å²) in [5.41, 5.74) is 2.01. The molecule has 0 aliphatic rings. The normalized spacial score (nSPS) is 10.4. The van der Waals surface area contributed by atoms with E-state index in [1.165, 1.54) is 0 Å². The smallest absolute Gasteiger partial charge is 0.128 e. The van der Waals surface area contributed by atoms with Crippen LogP contribution in [0.15, 0.2) is 30.5 Å². The molecule has 0 saturated carbocycles. The first-order valence-electron chi connectivity index (χ1n) is 5.13. The Balaban J connectivity index is 2.34. The van der Waals surface area contributed by atoms with Crippen LogP contribution in [0.25, 0.3) is 11.3 Å². The van der Waals surface area contributed by atoms with Crippen molar-refractivity contribution < 1.29 is 4.74 Å². The molecule has 0 amide bonds. The number of nitrogens with zero attached hydrogens (tertiary/aromatic N) is 1. The molecule has 1 aromatic heterocycles. The molecule has 0 atom stereocenters. The lowest BCUT2D eigenvalue weighted by atomic mass is 10.1. The number of aryl methyl sites for hydroxylation is 1. The van der Waals surface area contributed by atoms with E-state index in [1.54, 1.807) is 7.11 Å². The highest BCUT2D eigenvalue weighted by Crippen LogP contribution is 2.27. The maximum atomic E-state index is 5.31. The Labute approximate surface area is 100 Å². The van der Waals surface area contributed by atoms with Crippen molar-refractivity contribution in [2.45, 2.75) is 6.42 Å². The fourth-order valence-electron chi connectivity index (χ4n) is 1.60. The second-order valence-electron chi connectivity index (χ2n) is 3.42. The van der Waals surface area contributed by atoms with Crippen molar-refractivity contribution in [1.29, 1.82) is 0 Å². The van der Waals surface area contributed by atoms with Crippen molar-refractivity contribution in [3.05, 3.63) is 36.3 Å².